The van der Waals surface area contributed by atoms with Crippen LogP contribution in [0.1, 0.15) is 95.1 Å². The van der Waals surface area contributed by atoms with Crippen molar-refractivity contribution in [2.75, 3.05) is 33.2 Å². The third-order valence-corrected chi connectivity index (χ3v) is 10.1. The van der Waals surface area contributed by atoms with Gasteiger partial charge in [-0.1, -0.05) is 62.3 Å². The Bertz CT molecular complexity index is 1000. The van der Waals surface area contributed by atoms with E-state index in [4.69, 9.17) is 0 Å². The number of rotatable bonds is 8. The highest BCUT2D eigenvalue weighted by atomic mass is 15.2. The van der Waals surface area contributed by atoms with Gasteiger partial charge in [-0.3, -0.25) is 0 Å². The average molecular weight is 516 g/mol. The zero-order valence-electron chi connectivity index (χ0n) is 24.5. The van der Waals surface area contributed by atoms with E-state index in [1.165, 1.54) is 83.7 Å². The zero-order valence-corrected chi connectivity index (χ0v) is 24.5. The molecule has 2 bridgehead atoms. The molecular formula is C35H53N3. The van der Waals surface area contributed by atoms with Gasteiger partial charge in [0.05, 0.1) is 0 Å². The molecule has 5 unspecified atom stereocenters. The quantitative estimate of drug-likeness (QED) is 0.279. The van der Waals surface area contributed by atoms with Gasteiger partial charge in [-0.05, 0) is 118 Å². The van der Waals surface area contributed by atoms with E-state index in [1.54, 1.807) is 28.0 Å². The molecule has 5 rings (SSSR count). The van der Waals surface area contributed by atoms with Gasteiger partial charge in [0.15, 0.2) is 0 Å². The lowest BCUT2D eigenvalue weighted by atomic mass is 9.65. The van der Waals surface area contributed by atoms with E-state index in [2.05, 4.69) is 78.9 Å². The molecule has 0 amide bonds. The van der Waals surface area contributed by atoms with Gasteiger partial charge in [-0.15, -0.1) is 0 Å². The van der Waals surface area contributed by atoms with E-state index in [0.29, 0.717) is 12.0 Å². The summed E-state index contributed by atoms with van der Waals surface area (Å²) >= 11 is 0. The first-order valence-electron chi connectivity index (χ1n) is 16.0. The first-order valence-corrected chi connectivity index (χ1v) is 16.0. The van der Waals surface area contributed by atoms with Crippen LogP contribution in [-0.2, 0) is 6.42 Å². The van der Waals surface area contributed by atoms with E-state index in [-0.39, 0.29) is 0 Å². The van der Waals surface area contributed by atoms with Crippen LogP contribution in [0.4, 0.5) is 0 Å². The molecule has 208 valence electrons. The normalized spacial score (nSPS) is 30.7. The number of benzene rings is 1. The van der Waals surface area contributed by atoms with Gasteiger partial charge in [0.1, 0.15) is 0 Å². The largest absolute Gasteiger partial charge is 0.371 e. The number of nitrogens with one attached hydrogen (secondary N) is 2. The van der Waals surface area contributed by atoms with Gasteiger partial charge in [-0.2, -0.15) is 0 Å². The molecule has 2 aliphatic carbocycles. The number of hydrogen-bond acceptors (Lipinski definition) is 3. The van der Waals surface area contributed by atoms with Crippen LogP contribution in [0.5, 0.6) is 0 Å². The fraction of sp³-hybridized carbons (Fsp3) is 0.657. The van der Waals surface area contributed by atoms with Gasteiger partial charge in [0.2, 0.25) is 0 Å². The average Bonchev–Trinajstić information content (AvgIpc) is 2.92. The van der Waals surface area contributed by atoms with Crippen molar-refractivity contribution in [3.63, 3.8) is 0 Å². The molecular weight excluding hydrogens is 462 g/mol. The van der Waals surface area contributed by atoms with Crippen LogP contribution in [0, 0.1) is 17.8 Å². The Morgan fingerprint density at radius 2 is 1.97 bits per heavy atom. The molecule has 0 radical (unpaired) electrons. The summed E-state index contributed by atoms with van der Waals surface area (Å²) in [6.07, 6.45) is 21.8. The Hall–Kier alpha value is -1.84. The van der Waals surface area contributed by atoms with Crippen LogP contribution in [0.25, 0.3) is 0 Å². The van der Waals surface area contributed by atoms with E-state index < -0.39 is 0 Å². The standard InChI is InChI=1S/C35H53N3/c1-4-10-27-11-6-7-15-33(27)31-22-29-17-16-26-21-35(29)38(25-31)24-30-18-19-34(30)28(13-9-20-36-3)12-8-14-32(5-2)37-23-26/h6-8,11-12,15,21,28,30-32,34,36-37H,4-5,9-10,13-14,16-20,22-25H2,1-3H3/b12-8-. The third-order valence-electron chi connectivity index (χ3n) is 10.1. The van der Waals surface area contributed by atoms with Crippen LogP contribution >= 0.6 is 0 Å². The van der Waals surface area contributed by atoms with E-state index in [1.807, 2.05) is 0 Å². The highest BCUT2D eigenvalue weighted by Gasteiger charge is 2.39. The molecule has 2 aliphatic heterocycles. The predicted molar refractivity (Wildman–Crippen MR) is 162 cm³/mol. The first kappa shape index (κ1) is 27.7. The number of aryl methyl sites for hydroxylation is 1. The minimum atomic E-state index is 0.586. The maximum Gasteiger partial charge on any atom is 0.0358 e. The van der Waals surface area contributed by atoms with Crippen molar-refractivity contribution in [3.8, 4) is 0 Å². The van der Waals surface area contributed by atoms with Crippen molar-refractivity contribution in [1.29, 1.82) is 0 Å². The van der Waals surface area contributed by atoms with Gasteiger partial charge >= 0.3 is 0 Å². The number of fused-ring (bicyclic) bond motifs is 1. The summed E-state index contributed by atoms with van der Waals surface area (Å²) in [7, 11) is 2.09. The second-order valence-electron chi connectivity index (χ2n) is 12.6. The minimum Gasteiger partial charge on any atom is -0.371 e. The Labute approximate surface area is 233 Å². The predicted octanol–water partition coefficient (Wildman–Crippen LogP) is 7.37. The van der Waals surface area contributed by atoms with Crippen molar-refractivity contribution in [1.82, 2.24) is 15.5 Å². The SMILES string of the molecule is CCCc1ccccc1C1CC2=C3C=C(CC2)CNC(CC)C/C=C\C(CCCNC)C2CCC2CN3C1. The fourth-order valence-electron chi connectivity index (χ4n) is 7.73. The van der Waals surface area contributed by atoms with Crippen LogP contribution < -0.4 is 10.6 Å². The van der Waals surface area contributed by atoms with Crippen LogP contribution in [0.2, 0.25) is 0 Å². The molecule has 1 aromatic rings. The van der Waals surface area contributed by atoms with Gasteiger partial charge in [0, 0.05) is 37.3 Å². The Balaban J connectivity index is 1.44. The monoisotopic (exact) mass is 515 g/mol. The second kappa shape index (κ2) is 13.5. The van der Waals surface area contributed by atoms with Crippen LogP contribution in [-0.4, -0.2) is 44.2 Å². The summed E-state index contributed by atoms with van der Waals surface area (Å²) in [6, 6.07) is 9.95. The molecule has 5 atom stereocenters. The van der Waals surface area contributed by atoms with Crippen molar-refractivity contribution >= 4 is 0 Å². The van der Waals surface area contributed by atoms with Crippen molar-refractivity contribution in [2.24, 2.45) is 17.8 Å². The summed E-state index contributed by atoms with van der Waals surface area (Å²) in [6.45, 7) is 9.30. The van der Waals surface area contributed by atoms with Crippen molar-refractivity contribution in [3.05, 3.63) is 70.5 Å². The molecule has 3 nitrogen and oxygen atoms in total. The van der Waals surface area contributed by atoms with Gasteiger partial charge in [0.25, 0.3) is 0 Å². The minimum absolute atomic E-state index is 0.586. The highest BCUT2D eigenvalue weighted by Crippen LogP contribution is 2.46. The Morgan fingerprint density at radius 3 is 2.76 bits per heavy atom. The molecule has 0 saturated heterocycles. The lowest BCUT2D eigenvalue weighted by Crippen LogP contribution is -2.44. The Morgan fingerprint density at radius 1 is 1.08 bits per heavy atom. The third kappa shape index (κ3) is 6.48. The number of nitrogens with zero attached hydrogens (tertiary/aromatic N) is 1. The Kier molecular flexibility index (Phi) is 9.84. The van der Waals surface area contributed by atoms with Crippen molar-refractivity contribution in [2.45, 2.75) is 96.4 Å². The summed E-state index contributed by atoms with van der Waals surface area (Å²) in [5, 5.41) is 7.31. The molecule has 38 heavy (non-hydrogen) atoms. The van der Waals surface area contributed by atoms with Gasteiger partial charge in [-0.25, -0.2) is 0 Å². The maximum absolute atomic E-state index is 3.93. The molecule has 1 fully saturated rings. The van der Waals surface area contributed by atoms with Crippen molar-refractivity contribution < 1.29 is 0 Å². The smallest absolute Gasteiger partial charge is 0.0358 e. The molecule has 2 N–H and O–H groups in total. The number of hydrogen-bond donors (Lipinski definition) is 2. The first-order chi connectivity index (χ1) is 18.7. The summed E-state index contributed by atoms with van der Waals surface area (Å²) in [4.78, 5) is 2.86. The van der Waals surface area contributed by atoms with E-state index in [9.17, 15) is 0 Å². The van der Waals surface area contributed by atoms with Crippen LogP contribution in [0.15, 0.2) is 59.3 Å². The lowest BCUT2D eigenvalue weighted by Gasteiger charge is -2.47. The molecule has 0 spiro atoms. The molecule has 2 heterocycles. The molecule has 4 aliphatic rings. The molecule has 1 aromatic carbocycles. The lowest BCUT2D eigenvalue weighted by molar-refractivity contribution is 0.0830. The van der Waals surface area contributed by atoms with Gasteiger partial charge < -0.3 is 15.5 Å². The summed E-state index contributed by atoms with van der Waals surface area (Å²) in [5.74, 6) is 3.06. The topological polar surface area (TPSA) is 27.3 Å². The molecule has 0 aromatic heterocycles. The van der Waals surface area contributed by atoms with E-state index in [0.717, 1.165) is 30.8 Å². The summed E-state index contributed by atoms with van der Waals surface area (Å²) in [5.41, 5.74) is 8.17. The van der Waals surface area contributed by atoms with Crippen LogP contribution in [0.3, 0.4) is 0 Å². The highest BCUT2D eigenvalue weighted by molar-refractivity contribution is 5.40. The maximum atomic E-state index is 3.93. The second-order valence-corrected chi connectivity index (χ2v) is 12.6. The molecule has 3 heteroatoms. The number of allylic oxidation sites excluding steroid dienone is 3. The fourth-order valence-corrected chi connectivity index (χ4v) is 7.73. The summed E-state index contributed by atoms with van der Waals surface area (Å²) < 4.78 is 0. The van der Waals surface area contributed by atoms with E-state index >= 15 is 0 Å². The molecule has 1 saturated carbocycles. The zero-order chi connectivity index (χ0) is 26.3.